The second-order valence-electron chi connectivity index (χ2n) is 5.02. The summed E-state index contributed by atoms with van der Waals surface area (Å²) in [4.78, 5) is 0. The van der Waals surface area contributed by atoms with Crippen LogP contribution in [0.1, 0.15) is 11.1 Å². The average molecular weight is 256 g/mol. The highest BCUT2D eigenvalue weighted by Gasteiger charge is 2.48. The summed E-state index contributed by atoms with van der Waals surface area (Å²) in [5.74, 6) is 1.93. The molecular formula is C15H12O4. The first-order valence-corrected chi connectivity index (χ1v) is 6.12. The second-order valence-corrected chi connectivity index (χ2v) is 5.02. The van der Waals surface area contributed by atoms with Crippen LogP contribution < -0.4 is 9.47 Å². The van der Waals surface area contributed by atoms with Gasteiger partial charge >= 0.3 is 0 Å². The third-order valence-electron chi connectivity index (χ3n) is 3.91. The Balaban J connectivity index is 1.97. The molecule has 2 aliphatic rings. The van der Waals surface area contributed by atoms with E-state index in [4.69, 9.17) is 9.47 Å². The van der Waals surface area contributed by atoms with E-state index < -0.39 is 5.41 Å². The van der Waals surface area contributed by atoms with Gasteiger partial charge in [0.05, 0.1) is 5.41 Å². The SMILES string of the molecule is Oc1ccc2c(c1)C1(CO2)COc2ccc(O)cc21. The van der Waals surface area contributed by atoms with Gasteiger partial charge in [0.2, 0.25) is 0 Å². The van der Waals surface area contributed by atoms with Crippen molar-refractivity contribution < 1.29 is 19.7 Å². The number of benzene rings is 2. The molecule has 2 heterocycles. The molecule has 4 heteroatoms. The van der Waals surface area contributed by atoms with Crippen molar-refractivity contribution >= 4 is 0 Å². The highest BCUT2D eigenvalue weighted by atomic mass is 16.5. The van der Waals surface area contributed by atoms with Crippen LogP contribution in [0.2, 0.25) is 0 Å². The van der Waals surface area contributed by atoms with Gasteiger partial charge in [-0.05, 0) is 36.4 Å². The van der Waals surface area contributed by atoms with Crippen molar-refractivity contribution in [2.45, 2.75) is 5.41 Å². The van der Waals surface area contributed by atoms with E-state index in [1.165, 1.54) is 0 Å². The topological polar surface area (TPSA) is 58.9 Å². The smallest absolute Gasteiger partial charge is 0.123 e. The zero-order valence-corrected chi connectivity index (χ0v) is 10.1. The Morgan fingerprint density at radius 3 is 1.74 bits per heavy atom. The van der Waals surface area contributed by atoms with E-state index in [1.54, 1.807) is 36.4 Å². The van der Waals surface area contributed by atoms with Gasteiger partial charge in [-0.25, -0.2) is 0 Å². The van der Waals surface area contributed by atoms with Crippen LogP contribution in [0.5, 0.6) is 23.0 Å². The van der Waals surface area contributed by atoms with Gasteiger partial charge in [0.25, 0.3) is 0 Å². The van der Waals surface area contributed by atoms with Crippen LogP contribution in [0, 0.1) is 0 Å². The normalized spacial score (nSPS) is 17.7. The fraction of sp³-hybridized carbons (Fsp3) is 0.200. The number of phenolic OH excluding ortho intramolecular Hbond substituents is 2. The fourth-order valence-electron chi connectivity index (χ4n) is 2.94. The van der Waals surface area contributed by atoms with Crippen molar-refractivity contribution in [3.63, 3.8) is 0 Å². The molecule has 1 spiro atoms. The first-order valence-electron chi connectivity index (χ1n) is 6.12. The molecule has 0 saturated carbocycles. The van der Waals surface area contributed by atoms with Crippen LogP contribution in [0.3, 0.4) is 0 Å². The third-order valence-corrected chi connectivity index (χ3v) is 3.91. The minimum absolute atomic E-state index is 0.206. The van der Waals surface area contributed by atoms with E-state index in [-0.39, 0.29) is 11.5 Å². The molecule has 96 valence electrons. The first-order chi connectivity index (χ1) is 9.19. The lowest BCUT2D eigenvalue weighted by Gasteiger charge is -2.20. The largest absolute Gasteiger partial charge is 0.508 e. The molecule has 2 aliphatic heterocycles. The van der Waals surface area contributed by atoms with Gasteiger partial charge in [-0.3, -0.25) is 0 Å². The number of rotatable bonds is 0. The molecule has 0 aromatic heterocycles. The molecule has 19 heavy (non-hydrogen) atoms. The first kappa shape index (κ1) is 10.6. The zero-order chi connectivity index (χ0) is 13.0. The minimum atomic E-state index is -0.428. The molecule has 4 nitrogen and oxygen atoms in total. The number of ether oxygens (including phenoxy) is 2. The molecule has 0 atom stereocenters. The molecule has 0 unspecified atom stereocenters. The van der Waals surface area contributed by atoms with E-state index in [0.717, 1.165) is 22.6 Å². The number of aromatic hydroxyl groups is 2. The molecule has 0 aliphatic carbocycles. The summed E-state index contributed by atoms with van der Waals surface area (Å²) in [5.41, 5.74) is 1.40. The summed E-state index contributed by atoms with van der Waals surface area (Å²) in [6.45, 7) is 0.921. The Kier molecular flexibility index (Phi) is 1.86. The molecule has 2 N–H and O–H groups in total. The summed E-state index contributed by atoms with van der Waals surface area (Å²) in [6, 6.07) is 10.2. The van der Waals surface area contributed by atoms with Crippen molar-refractivity contribution in [1.82, 2.24) is 0 Å². The van der Waals surface area contributed by atoms with E-state index in [9.17, 15) is 10.2 Å². The summed E-state index contributed by atoms with van der Waals surface area (Å²) in [6.07, 6.45) is 0. The van der Waals surface area contributed by atoms with Gasteiger partial charge in [-0.2, -0.15) is 0 Å². The lowest BCUT2D eigenvalue weighted by atomic mass is 9.78. The summed E-state index contributed by atoms with van der Waals surface area (Å²) in [7, 11) is 0. The second kappa shape index (κ2) is 3.35. The monoisotopic (exact) mass is 256 g/mol. The standard InChI is InChI=1S/C15H12O4/c16-9-1-3-13-11(5-9)15(7-18-13)8-19-14-4-2-10(17)6-12(14)15/h1-6,16-17H,7-8H2. The maximum Gasteiger partial charge on any atom is 0.123 e. The lowest BCUT2D eigenvalue weighted by molar-refractivity contribution is 0.238. The predicted molar refractivity (Wildman–Crippen MR) is 68.0 cm³/mol. The van der Waals surface area contributed by atoms with E-state index in [1.807, 2.05) is 0 Å². The van der Waals surface area contributed by atoms with E-state index in [0.29, 0.717) is 13.2 Å². The molecular weight excluding hydrogens is 244 g/mol. The van der Waals surface area contributed by atoms with Crippen LogP contribution in [-0.4, -0.2) is 23.4 Å². The van der Waals surface area contributed by atoms with Crippen molar-refractivity contribution in [3.05, 3.63) is 47.5 Å². The molecule has 2 aromatic rings. The van der Waals surface area contributed by atoms with Crippen molar-refractivity contribution in [3.8, 4) is 23.0 Å². The Hall–Kier alpha value is -2.36. The Morgan fingerprint density at radius 1 is 0.789 bits per heavy atom. The number of fused-ring (bicyclic) bond motifs is 4. The number of hydrogen-bond acceptors (Lipinski definition) is 4. The highest BCUT2D eigenvalue weighted by Crippen LogP contribution is 2.51. The molecule has 2 aromatic carbocycles. The lowest BCUT2D eigenvalue weighted by Crippen LogP contribution is -2.31. The maximum absolute atomic E-state index is 9.70. The third kappa shape index (κ3) is 1.28. The van der Waals surface area contributed by atoms with Crippen molar-refractivity contribution in [1.29, 1.82) is 0 Å². The summed E-state index contributed by atoms with van der Waals surface area (Å²) in [5, 5.41) is 19.4. The van der Waals surface area contributed by atoms with Crippen LogP contribution in [0.4, 0.5) is 0 Å². The Labute approximate surface area is 109 Å². The highest BCUT2D eigenvalue weighted by molar-refractivity contribution is 5.60. The van der Waals surface area contributed by atoms with Crippen molar-refractivity contribution in [2.24, 2.45) is 0 Å². The number of hydrogen-bond donors (Lipinski definition) is 2. The summed E-state index contributed by atoms with van der Waals surface area (Å²) < 4.78 is 11.4. The molecule has 0 radical (unpaired) electrons. The fourth-order valence-corrected chi connectivity index (χ4v) is 2.94. The quantitative estimate of drug-likeness (QED) is 0.758. The van der Waals surface area contributed by atoms with Gasteiger partial charge in [0.15, 0.2) is 0 Å². The van der Waals surface area contributed by atoms with Crippen molar-refractivity contribution in [2.75, 3.05) is 13.2 Å². The van der Waals surface area contributed by atoms with E-state index in [2.05, 4.69) is 0 Å². The van der Waals surface area contributed by atoms with Gasteiger partial charge in [0.1, 0.15) is 36.2 Å². The zero-order valence-electron chi connectivity index (χ0n) is 10.1. The Bertz CT molecular complexity index is 618. The van der Waals surface area contributed by atoms with Crippen LogP contribution in [-0.2, 0) is 5.41 Å². The minimum Gasteiger partial charge on any atom is -0.508 e. The average Bonchev–Trinajstić information content (AvgIpc) is 2.94. The number of phenols is 2. The predicted octanol–water partition coefficient (Wildman–Crippen LogP) is 2.17. The van der Waals surface area contributed by atoms with Crippen LogP contribution in [0.15, 0.2) is 36.4 Å². The molecule has 4 rings (SSSR count). The molecule has 0 bridgehead atoms. The van der Waals surface area contributed by atoms with Gasteiger partial charge in [-0.15, -0.1) is 0 Å². The Morgan fingerprint density at radius 2 is 1.26 bits per heavy atom. The molecule has 0 saturated heterocycles. The van der Waals surface area contributed by atoms with Gasteiger partial charge < -0.3 is 19.7 Å². The van der Waals surface area contributed by atoms with Crippen LogP contribution in [0.25, 0.3) is 0 Å². The van der Waals surface area contributed by atoms with Gasteiger partial charge in [-0.1, -0.05) is 0 Å². The van der Waals surface area contributed by atoms with Crippen LogP contribution >= 0.6 is 0 Å². The maximum atomic E-state index is 9.70. The van der Waals surface area contributed by atoms with E-state index >= 15 is 0 Å². The van der Waals surface area contributed by atoms with Gasteiger partial charge in [0, 0.05) is 11.1 Å². The summed E-state index contributed by atoms with van der Waals surface area (Å²) >= 11 is 0. The molecule has 0 fully saturated rings. The molecule has 0 amide bonds.